The zero-order chi connectivity index (χ0) is 36.6. The molecule has 50 heavy (non-hydrogen) atoms. The molecule has 0 aromatic carbocycles. The van der Waals surface area contributed by atoms with Gasteiger partial charge in [-0.25, -0.2) is 4.57 Å². The Balaban J connectivity index is 4.10. The van der Waals surface area contributed by atoms with Crippen LogP contribution in [-0.2, 0) is 27.9 Å². The summed E-state index contributed by atoms with van der Waals surface area (Å²) in [6.45, 7) is 4.19. The van der Waals surface area contributed by atoms with E-state index < -0.39 is 13.9 Å². The van der Waals surface area contributed by atoms with Crippen molar-refractivity contribution in [3.05, 3.63) is 36.6 Å². The maximum Gasteiger partial charge on any atom is 0.472 e. The van der Waals surface area contributed by atoms with E-state index in [1.165, 1.54) is 122 Å². The van der Waals surface area contributed by atoms with Crippen LogP contribution in [0.15, 0.2) is 36.6 Å². The zero-order valence-electron chi connectivity index (χ0n) is 32.4. The first-order valence-electron chi connectivity index (χ1n) is 20.5. The molecule has 0 saturated carbocycles. The molecule has 0 radical (unpaired) electrons. The summed E-state index contributed by atoms with van der Waals surface area (Å²) in [5.41, 5.74) is 5.36. The Labute approximate surface area is 308 Å². The second-order valence-corrected chi connectivity index (χ2v) is 15.0. The Morgan fingerprint density at radius 2 is 1.08 bits per heavy atom. The Hall–Kier alpha value is -1.44. The fourth-order valence-corrected chi connectivity index (χ4v) is 6.30. The first-order valence-corrected chi connectivity index (χ1v) is 22.0. The quantitative estimate of drug-likeness (QED) is 0.0211. The highest BCUT2D eigenvalue weighted by molar-refractivity contribution is 7.47. The standard InChI is InChI=1S/C41H78NO7P/c1-3-5-7-9-11-13-15-17-19-20-21-22-24-26-28-30-32-34-41(43)47-38-40(39-49-50(44,45)48-37-35-42)46-36-33-31-29-27-25-23-18-16-14-12-10-8-6-4-2/h11,13,17,19,33,36,40H,3-10,12,14-16,18,20-32,34-35,37-39,42H2,1-2H3,(H,44,45). The Kier molecular flexibility index (Phi) is 37.7. The number of unbranched alkanes of at least 4 members (excludes halogenated alkanes) is 22. The molecule has 8 nitrogen and oxygen atoms in total. The van der Waals surface area contributed by atoms with E-state index in [2.05, 4.69) is 38.2 Å². The van der Waals surface area contributed by atoms with Gasteiger partial charge >= 0.3 is 13.8 Å². The number of nitrogens with two attached hydrogens (primary N) is 1. The number of carbonyl (C=O) groups is 1. The molecule has 294 valence electrons. The number of phosphoric acid groups is 1. The van der Waals surface area contributed by atoms with E-state index in [4.69, 9.17) is 24.3 Å². The fraction of sp³-hybridized carbons (Fsp3) is 0.829. The lowest BCUT2D eigenvalue weighted by molar-refractivity contribution is -0.147. The molecule has 0 aliphatic rings. The van der Waals surface area contributed by atoms with E-state index in [-0.39, 0.29) is 32.3 Å². The van der Waals surface area contributed by atoms with E-state index >= 15 is 0 Å². The average Bonchev–Trinajstić information content (AvgIpc) is 3.11. The lowest BCUT2D eigenvalue weighted by Crippen LogP contribution is -2.25. The van der Waals surface area contributed by atoms with Crippen molar-refractivity contribution >= 4 is 13.8 Å². The summed E-state index contributed by atoms with van der Waals surface area (Å²) >= 11 is 0. The Morgan fingerprint density at radius 3 is 1.62 bits per heavy atom. The molecule has 0 saturated heterocycles. The molecule has 2 unspecified atom stereocenters. The summed E-state index contributed by atoms with van der Waals surface area (Å²) in [7, 11) is -4.26. The lowest BCUT2D eigenvalue weighted by Gasteiger charge is -2.19. The molecule has 0 aromatic heterocycles. The molecule has 0 aliphatic carbocycles. The second-order valence-electron chi connectivity index (χ2n) is 13.6. The lowest BCUT2D eigenvalue weighted by atomic mass is 10.0. The van der Waals surface area contributed by atoms with E-state index in [9.17, 15) is 14.3 Å². The van der Waals surface area contributed by atoms with Gasteiger partial charge in [-0.2, -0.15) is 0 Å². The van der Waals surface area contributed by atoms with Crippen LogP contribution in [0.3, 0.4) is 0 Å². The van der Waals surface area contributed by atoms with Crippen molar-refractivity contribution in [2.45, 2.75) is 193 Å². The van der Waals surface area contributed by atoms with Gasteiger partial charge in [0.1, 0.15) is 6.61 Å². The largest absolute Gasteiger partial charge is 0.492 e. The van der Waals surface area contributed by atoms with Gasteiger partial charge in [-0.3, -0.25) is 13.8 Å². The first kappa shape index (κ1) is 48.6. The van der Waals surface area contributed by atoms with Gasteiger partial charge in [0.2, 0.25) is 0 Å². The van der Waals surface area contributed by atoms with Crippen LogP contribution in [0.1, 0.15) is 187 Å². The highest BCUT2D eigenvalue weighted by atomic mass is 31.2. The first-order chi connectivity index (χ1) is 24.4. The third-order valence-corrected chi connectivity index (χ3v) is 9.63. The third-order valence-electron chi connectivity index (χ3n) is 8.65. The summed E-state index contributed by atoms with van der Waals surface area (Å²) in [5.74, 6) is -0.298. The van der Waals surface area contributed by atoms with Gasteiger partial charge in [0.25, 0.3) is 0 Å². The van der Waals surface area contributed by atoms with Crippen molar-refractivity contribution < 1.29 is 32.8 Å². The molecule has 0 fully saturated rings. The zero-order valence-corrected chi connectivity index (χ0v) is 33.3. The summed E-state index contributed by atoms with van der Waals surface area (Å²) in [5, 5.41) is 0. The van der Waals surface area contributed by atoms with Crippen molar-refractivity contribution in [1.29, 1.82) is 0 Å². The number of hydrogen-bond acceptors (Lipinski definition) is 7. The van der Waals surface area contributed by atoms with Crippen LogP contribution in [0.2, 0.25) is 0 Å². The van der Waals surface area contributed by atoms with Crippen molar-refractivity contribution in [2.24, 2.45) is 5.73 Å². The smallest absolute Gasteiger partial charge is 0.472 e. The molecule has 0 rings (SSSR count). The van der Waals surface area contributed by atoms with Gasteiger partial charge in [-0.15, -0.1) is 0 Å². The minimum atomic E-state index is -4.26. The maximum absolute atomic E-state index is 12.4. The predicted octanol–water partition coefficient (Wildman–Crippen LogP) is 12.2. The fourth-order valence-electron chi connectivity index (χ4n) is 5.54. The minimum Gasteiger partial charge on any atom is -0.492 e. The molecule has 0 bridgehead atoms. The summed E-state index contributed by atoms with van der Waals surface area (Å²) in [6, 6.07) is 0. The van der Waals surface area contributed by atoms with E-state index in [0.29, 0.717) is 6.42 Å². The maximum atomic E-state index is 12.4. The second kappa shape index (κ2) is 38.8. The molecule has 0 aliphatic heterocycles. The van der Waals surface area contributed by atoms with Crippen LogP contribution in [0.4, 0.5) is 0 Å². The molecular weight excluding hydrogens is 649 g/mol. The topological polar surface area (TPSA) is 117 Å². The molecule has 9 heteroatoms. The molecule has 0 spiro atoms. The van der Waals surface area contributed by atoms with Gasteiger partial charge in [0, 0.05) is 13.0 Å². The number of esters is 1. The number of phosphoric ester groups is 1. The molecule has 3 N–H and O–H groups in total. The van der Waals surface area contributed by atoms with E-state index in [1.807, 2.05) is 6.08 Å². The van der Waals surface area contributed by atoms with Gasteiger partial charge in [0.05, 0.1) is 19.5 Å². The molecule has 0 amide bonds. The van der Waals surface area contributed by atoms with E-state index in [1.54, 1.807) is 6.26 Å². The summed E-state index contributed by atoms with van der Waals surface area (Å²) < 4.78 is 33.1. The van der Waals surface area contributed by atoms with Crippen molar-refractivity contribution in [1.82, 2.24) is 0 Å². The number of carbonyl (C=O) groups excluding carboxylic acids is 1. The highest BCUT2D eigenvalue weighted by Gasteiger charge is 2.24. The monoisotopic (exact) mass is 728 g/mol. The molecule has 0 aromatic rings. The Bertz CT molecular complexity index is 864. The number of ether oxygens (including phenoxy) is 2. The van der Waals surface area contributed by atoms with Crippen LogP contribution in [0.25, 0.3) is 0 Å². The van der Waals surface area contributed by atoms with Crippen LogP contribution in [0, 0.1) is 0 Å². The third kappa shape index (κ3) is 37.8. The SMILES string of the molecule is CCCCCC=CCC=CCCCCCCCCCC(=O)OCC(COP(=O)(O)OCCN)OC=CCCCCCCCCCCCCCC. The Morgan fingerprint density at radius 1 is 0.620 bits per heavy atom. The molecule has 2 atom stereocenters. The van der Waals surface area contributed by atoms with Crippen molar-refractivity contribution in [2.75, 3.05) is 26.4 Å². The van der Waals surface area contributed by atoms with E-state index in [0.717, 1.165) is 44.9 Å². The van der Waals surface area contributed by atoms with Crippen molar-refractivity contribution in [3.8, 4) is 0 Å². The van der Waals surface area contributed by atoms with Crippen molar-refractivity contribution in [3.63, 3.8) is 0 Å². The number of rotatable bonds is 39. The molecular formula is C41H78NO7P. The van der Waals surface area contributed by atoms with Gasteiger partial charge in [0.15, 0.2) is 6.10 Å². The van der Waals surface area contributed by atoms with Gasteiger partial charge < -0.3 is 20.1 Å². The van der Waals surface area contributed by atoms with Crippen LogP contribution >= 0.6 is 7.82 Å². The van der Waals surface area contributed by atoms with Gasteiger partial charge in [-0.05, 0) is 57.4 Å². The minimum absolute atomic E-state index is 0.0671. The average molecular weight is 728 g/mol. The summed E-state index contributed by atoms with van der Waals surface area (Å²) in [4.78, 5) is 22.2. The molecule has 0 heterocycles. The number of hydrogen-bond donors (Lipinski definition) is 2. The normalized spacial score (nSPS) is 13.8. The van der Waals surface area contributed by atoms with Crippen LogP contribution < -0.4 is 5.73 Å². The predicted molar refractivity (Wildman–Crippen MR) is 210 cm³/mol. The number of allylic oxidation sites excluding steroid dienone is 5. The van der Waals surface area contributed by atoms with Crippen LogP contribution in [0.5, 0.6) is 0 Å². The van der Waals surface area contributed by atoms with Crippen LogP contribution in [-0.4, -0.2) is 43.3 Å². The van der Waals surface area contributed by atoms with Gasteiger partial charge in [-0.1, -0.05) is 154 Å². The summed E-state index contributed by atoms with van der Waals surface area (Å²) in [6.07, 6.45) is 44.0. The highest BCUT2D eigenvalue weighted by Crippen LogP contribution is 2.43.